The lowest BCUT2D eigenvalue weighted by Gasteiger charge is -2.20. The Bertz CT molecular complexity index is 1150. The number of carbonyl (C=O) groups excluding carboxylic acids is 2. The van der Waals surface area contributed by atoms with Crippen LogP contribution in [0, 0.1) is 0 Å². The summed E-state index contributed by atoms with van der Waals surface area (Å²) in [5.41, 5.74) is 5.32. The van der Waals surface area contributed by atoms with E-state index >= 15 is 0 Å². The Balaban J connectivity index is 4.50. The third-order valence-corrected chi connectivity index (χ3v) is 9.20. The van der Waals surface area contributed by atoms with Crippen LogP contribution < -0.4 is 5.73 Å². The molecule has 4 N–H and O–H groups in total. The van der Waals surface area contributed by atoms with Gasteiger partial charge >= 0.3 is 25.7 Å². The summed E-state index contributed by atoms with van der Waals surface area (Å²) in [6.45, 7) is 2.61. The average molecular weight is 782 g/mol. The molecular weight excluding hydrogens is 709 g/mol. The molecule has 0 saturated heterocycles. The monoisotopic (exact) mass is 781 g/mol. The zero-order chi connectivity index (χ0) is 40.0. The number of unbranched alkanes of at least 4 members (excludes halogenated alkanes) is 13. The van der Waals surface area contributed by atoms with Crippen LogP contribution in [0.25, 0.3) is 0 Å². The molecule has 0 aromatic rings. The van der Waals surface area contributed by atoms with E-state index in [1.807, 2.05) is 0 Å². The number of nitrogens with two attached hydrogens (primary N) is 1. The van der Waals surface area contributed by atoms with Crippen LogP contribution in [-0.4, -0.2) is 59.9 Å². The van der Waals surface area contributed by atoms with Crippen LogP contribution in [0.3, 0.4) is 0 Å². The van der Waals surface area contributed by atoms with E-state index in [4.69, 9.17) is 24.8 Å². The van der Waals surface area contributed by atoms with Crippen molar-refractivity contribution in [3.8, 4) is 0 Å². The molecule has 0 aromatic heterocycles. The molecule has 0 bridgehead atoms. The Morgan fingerprint density at radius 1 is 0.593 bits per heavy atom. The number of phosphoric acid groups is 1. The minimum absolute atomic E-state index is 0.132. The summed E-state index contributed by atoms with van der Waals surface area (Å²) in [7, 11) is -4.73. The Kier molecular flexibility index (Phi) is 35.2. The lowest BCUT2D eigenvalue weighted by molar-refractivity contribution is -0.161. The van der Waals surface area contributed by atoms with Crippen LogP contribution in [-0.2, 0) is 37.5 Å². The fourth-order valence-corrected chi connectivity index (χ4v) is 5.83. The van der Waals surface area contributed by atoms with Gasteiger partial charge in [-0.3, -0.25) is 23.4 Å². The highest BCUT2D eigenvalue weighted by Gasteiger charge is 2.28. The van der Waals surface area contributed by atoms with Crippen LogP contribution >= 0.6 is 7.82 Å². The summed E-state index contributed by atoms with van der Waals surface area (Å²) < 4.78 is 32.6. The molecule has 0 aliphatic carbocycles. The molecule has 1 unspecified atom stereocenters. The number of esters is 2. The molecule has 0 rings (SSSR count). The van der Waals surface area contributed by atoms with E-state index in [0.29, 0.717) is 12.8 Å². The summed E-state index contributed by atoms with van der Waals surface area (Å²) in [6, 6.07) is -1.53. The van der Waals surface area contributed by atoms with E-state index in [-0.39, 0.29) is 19.4 Å². The van der Waals surface area contributed by atoms with Crippen molar-refractivity contribution in [1.29, 1.82) is 0 Å². The topological polar surface area (TPSA) is 172 Å². The van der Waals surface area contributed by atoms with E-state index < -0.39 is 51.1 Å². The molecule has 310 valence electrons. The molecule has 0 spiro atoms. The quantitative estimate of drug-likeness (QED) is 0.0237. The summed E-state index contributed by atoms with van der Waals surface area (Å²) in [5, 5.41) is 8.87. The van der Waals surface area contributed by atoms with Crippen molar-refractivity contribution in [3.05, 3.63) is 60.8 Å². The third kappa shape index (κ3) is 36.2. The summed E-state index contributed by atoms with van der Waals surface area (Å²) in [6.07, 6.45) is 41.5. The van der Waals surface area contributed by atoms with E-state index in [2.05, 4.69) is 79.1 Å². The Morgan fingerprint density at radius 3 is 1.59 bits per heavy atom. The predicted octanol–water partition coefficient (Wildman–Crippen LogP) is 10.4. The minimum atomic E-state index is -4.73. The minimum Gasteiger partial charge on any atom is -0.480 e. The number of hydrogen-bond acceptors (Lipinski definition) is 9. The van der Waals surface area contributed by atoms with E-state index in [1.165, 1.54) is 38.5 Å². The highest BCUT2D eigenvalue weighted by atomic mass is 31.2. The van der Waals surface area contributed by atoms with E-state index in [9.17, 15) is 23.8 Å². The summed E-state index contributed by atoms with van der Waals surface area (Å²) >= 11 is 0. The van der Waals surface area contributed by atoms with Crippen molar-refractivity contribution in [2.24, 2.45) is 5.73 Å². The van der Waals surface area contributed by atoms with Crippen molar-refractivity contribution in [2.45, 2.75) is 167 Å². The van der Waals surface area contributed by atoms with Crippen LogP contribution in [0.15, 0.2) is 60.8 Å². The number of ether oxygens (including phenoxy) is 2. The lowest BCUT2D eigenvalue weighted by Crippen LogP contribution is -2.34. The molecular formula is C42H72NO10P. The van der Waals surface area contributed by atoms with Gasteiger partial charge in [-0.05, 0) is 77.0 Å². The second kappa shape index (κ2) is 37.1. The SMILES string of the molecule is CC/C=C/C/C=C/C/C=C/CCCCCCCC(=O)O[C@H](COC(=O)CCCC/C=C/C/C=C/CCCCCCCC)COP(=O)(O)OC[C@H](N)C(=O)O. The van der Waals surface area contributed by atoms with Gasteiger partial charge in [0.25, 0.3) is 0 Å². The second-order valence-corrected chi connectivity index (χ2v) is 14.8. The van der Waals surface area contributed by atoms with Gasteiger partial charge in [0.05, 0.1) is 13.2 Å². The first kappa shape index (κ1) is 51.2. The van der Waals surface area contributed by atoms with Gasteiger partial charge in [-0.25, -0.2) is 4.57 Å². The number of carboxylic acid groups (broad SMARTS) is 1. The first-order valence-electron chi connectivity index (χ1n) is 20.3. The Morgan fingerprint density at radius 2 is 1.04 bits per heavy atom. The van der Waals surface area contributed by atoms with E-state index in [1.54, 1.807) is 0 Å². The second-order valence-electron chi connectivity index (χ2n) is 13.4. The maximum Gasteiger partial charge on any atom is 0.472 e. The normalized spacial score (nSPS) is 14.4. The van der Waals surface area contributed by atoms with Gasteiger partial charge < -0.3 is 25.2 Å². The molecule has 0 aliphatic rings. The van der Waals surface area contributed by atoms with Crippen LogP contribution in [0.1, 0.15) is 155 Å². The van der Waals surface area contributed by atoms with Gasteiger partial charge in [-0.15, -0.1) is 0 Å². The molecule has 0 aromatic carbocycles. The van der Waals surface area contributed by atoms with Crippen LogP contribution in [0.5, 0.6) is 0 Å². The molecule has 11 nitrogen and oxygen atoms in total. The highest BCUT2D eigenvalue weighted by Crippen LogP contribution is 2.43. The maximum atomic E-state index is 12.6. The molecule has 0 amide bonds. The van der Waals surface area contributed by atoms with Gasteiger partial charge in [0.1, 0.15) is 12.6 Å². The Hall–Kier alpha value is -2.82. The summed E-state index contributed by atoms with van der Waals surface area (Å²) in [5.74, 6) is -2.45. The zero-order valence-corrected chi connectivity index (χ0v) is 34.2. The molecule has 0 fully saturated rings. The highest BCUT2D eigenvalue weighted by molar-refractivity contribution is 7.47. The number of rotatable bonds is 37. The zero-order valence-electron chi connectivity index (χ0n) is 33.3. The maximum absolute atomic E-state index is 12.6. The van der Waals surface area contributed by atoms with Gasteiger partial charge in [-0.1, -0.05) is 126 Å². The van der Waals surface area contributed by atoms with Crippen molar-refractivity contribution in [1.82, 2.24) is 0 Å². The van der Waals surface area contributed by atoms with E-state index in [0.717, 1.165) is 77.0 Å². The molecule has 0 radical (unpaired) electrons. The summed E-state index contributed by atoms with van der Waals surface area (Å²) in [4.78, 5) is 45.8. The fraction of sp³-hybridized carbons (Fsp3) is 0.690. The molecule has 0 heterocycles. The first-order chi connectivity index (χ1) is 26.1. The first-order valence-corrected chi connectivity index (χ1v) is 21.8. The molecule has 3 atom stereocenters. The standard InChI is InChI=1S/C42H72NO10P/c1-3-5-7-9-11-13-15-17-19-21-23-25-27-29-31-33-40(44)50-35-38(36-51-54(48,49)52-37-39(43)42(46)47)53-41(45)34-32-30-28-26-24-22-20-18-16-14-12-10-8-6-4-2/h6,8,12,14,17-20,23,25,38-39H,3-5,7,9-11,13,15-16,21-22,24,26-37,43H2,1-2H3,(H,46,47)(H,48,49)/b8-6+,14-12+,19-17+,20-18+,25-23+/t38-,39+/m1/s1. The molecule has 0 aliphatic heterocycles. The van der Waals surface area contributed by atoms with Crippen molar-refractivity contribution in [3.63, 3.8) is 0 Å². The largest absolute Gasteiger partial charge is 0.480 e. The smallest absolute Gasteiger partial charge is 0.472 e. The van der Waals surface area contributed by atoms with Gasteiger partial charge in [-0.2, -0.15) is 0 Å². The molecule has 54 heavy (non-hydrogen) atoms. The molecule has 12 heteroatoms. The van der Waals surface area contributed by atoms with Crippen molar-refractivity contribution >= 4 is 25.7 Å². The van der Waals surface area contributed by atoms with Gasteiger partial charge in [0.15, 0.2) is 6.10 Å². The van der Waals surface area contributed by atoms with Gasteiger partial charge in [0, 0.05) is 12.8 Å². The number of carboxylic acids is 1. The molecule has 0 saturated carbocycles. The third-order valence-electron chi connectivity index (χ3n) is 8.25. The van der Waals surface area contributed by atoms with Crippen LogP contribution in [0.4, 0.5) is 0 Å². The van der Waals surface area contributed by atoms with Crippen molar-refractivity contribution in [2.75, 3.05) is 19.8 Å². The van der Waals surface area contributed by atoms with Gasteiger partial charge in [0.2, 0.25) is 0 Å². The van der Waals surface area contributed by atoms with Crippen molar-refractivity contribution < 1.29 is 47.5 Å². The van der Waals surface area contributed by atoms with Crippen LogP contribution in [0.2, 0.25) is 0 Å². The lowest BCUT2D eigenvalue weighted by atomic mass is 10.1. The number of hydrogen-bond donors (Lipinski definition) is 3. The number of aliphatic carboxylic acids is 1. The number of phosphoric ester groups is 1. The number of carbonyl (C=O) groups is 3. The Labute approximate surface area is 326 Å². The average Bonchev–Trinajstić information content (AvgIpc) is 3.14. The predicted molar refractivity (Wildman–Crippen MR) is 217 cm³/mol. The number of allylic oxidation sites excluding steroid dienone is 10. The fourth-order valence-electron chi connectivity index (χ4n) is 5.05.